The Labute approximate surface area is 157 Å². The zero-order chi connectivity index (χ0) is 19.3. The quantitative estimate of drug-likeness (QED) is 0.747. The van der Waals surface area contributed by atoms with Crippen molar-refractivity contribution in [2.45, 2.75) is 11.8 Å². The number of amides is 1. The van der Waals surface area contributed by atoms with Gasteiger partial charge in [-0.05, 0) is 48.9 Å². The highest BCUT2D eigenvalue weighted by molar-refractivity contribution is 7.89. The predicted octanol–water partition coefficient (Wildman–Crippen LogP) is 2.58. The fourth-order valence-electron chi connectivity index (χ4n) is 2.23. The first-order valence-corrected chi connectivity index (χ1v) is 9.40. The lowest BCUT2D eigenvalue weighted by atomic mass is 10.2. The molecular formula is C17H19ClN2O5S. The highest BCUT2D eigenvalue weighted by atomic mass is 35.5. The van der Waals surface area contributed by atoms with Crippen LogP contribution in [0.2, 0.25) is 5.02 Å². The number of carbonyl (C=O) groups is 1. The van der Waals surface area contributed by atoms with Crippen molar-refractivity contribution in [2.75, 3.05) is 26.1 Å². The van der Waals surface area contributed by atoms with Crippen LogP contribution in [0.4, 0.5) is 5.69 Å². The van der Waals surface area contributed by atoms with E-state index in [1.807, 2.05) is 0 Å². The van der Waals surface area contributed by atoms with E-state index < -0.39 is 22.5 Å². The molecule has 2 aromatic carbocycles. The second-order valence-corrected chi connectivity index (χ2v) is 7.55. The van der Waals surface area contributed by atoms with Gasteiger partial charge in [-0.1, -0.05) is 11.6 Å². The molecule has 26 heavy (non-hydrogen) atoms. The van der Waals surface area contributed by atoms with Crippen molar-refractivity contribution >= 4 is 33.2 Å². The third-order valence-electron chi connectivity index (χ3n) is 3.53. The van der Waals surface area contributed by atoms with Gasteiger partial charge in [0.2, 0.25) is 15.9 Å². The van der Waals surface area contributed by atoms with Crippen molar-refractivity contribution in [3.63, 3.8) is 0 Å². The summed E-state index contributed by atoms with van der Waals surface area (Å²) in [5.74, 6) is 0.436. The Balaban J connectivity index is 2.06. The molecule has 7 nitrogen and oxygen atoms in total. The van der Waals surface area contributed by atoms with Crippen LogP contribution in [0.1, 0.15) is 5.56 Å². The summed E-state index contributed by atoms with van der Waals surface area (Å²) in [6.07, 6.45) is 0. The Morgan fingerprint density at radius 3 is 2.35 bits per heavy atom. The van der Waals surface area contributed by atoms with Crippen LogP contribution >= 0.6 is 11.6 Å². The number of ether oxygens (including phenoxy) is 2. The number of methoxy groups -OCH3 is 2. The molecule has 2 aromatic rings. The molecule has 9 heteroatoms. The molecule has 0 radical (unpaired) electrons. The zero-order valence-electron chi connectivity index (χ0n) is 14.5. The van der Waals surface area contributed by atoms with Crippen LogP contribution in [0.25, 0.3) is 0 Å². The summed E-state index contributed by atoms with van der Waals surface area (Å²) in [4.78, 5) is 12.1. The Morgan fingerprint density at radius 2 is 1.73 bits per heavy atom. The molecular weight excluding hydrogens is 380 g/mol. The van der Waals surface area contributed by atoms with Gasteiger partial charge in [0.05, 0.1) is 31.3 Å². The first kappa shape index (κ1) is 20.0. The Morgan fingerprint density at radius 1 is 1.08 bits per heavy atom. The SMILES string of the molecule is COc1ccc(S(=O)(=O)NCC(=O)Nc2cc(Cl)ccc2OC)cc1C. The molecule has 0 aliphatic heterocycles. The first-order valence-electron chi connectivity index (χ1n) is 7.54. The Kier molecular flexibility index (Phi) is 6.47. The van der Waals surface area contributed by atoms with E-state index in [2.05, 4.69) is 10.0 Å². The highest BCUT2D eigenvalue weighted by Gasteiger charge is 2.17. The zero-order valence-corrected chi connectivity index (χ0v) is 16.1. The molecule has 0 atom stereocenters. The van der Waals surface area contributed by atoms with Crippen LogP contribution in [0.5, 0.6) is 11.5 Å². The summed E-state index contributed by atoms with van der Waals surface area (Å²) >= 11 is 5.90. The summed E-state index contributed by atoms with van der Waals surface area (Å²) in [6, 6.07) is 9.17. The monoisotopic (exact) mass is 398 g/mol. The molecule has 1 amide bonds. The van der Waals surface area contributed by atoms with Gasteiger partial charge in [-0.2, -0.15) is 0 Å². The fourth-order valence-corrected chi connectivity index (χ4v) is 3.47. The molecule has 2 N–H and O–H groups in total. The van der Waals surface area contributed by atoms with Crippen molar-refractivity contribution in [1.82, 2.24) is 4.72 Å². The van der Waals surface area contributed by atoms with Gasteiger partial charge in [-0.3, -0.25) is 4.79 Å². The average Bonchev–Trinajstić information content (AvgIpc) is 2.60. The van der Waals surface area contributed by atoms with E-state index in [4.69, 9.17) is 21.1 Å². The molecule has 0 heterocycles. The molecule has 0 fully saturated rings. The fraction of sp³-hybridized carbons (Fsp3) is 0.235. The molecule has 0 aliphatic carbocycles. The van der Waals surface area contributed by atoms with E-state index in [9.17, 15) is 13.2 Å². The van der Waals surface area contributed by atoms with Gasteiger partial charge >= 0.3 is 0 Å². The van der Waals surface area contributed by atoms with E-state index in [0.717, 1.165) is 0 Å². The van der Waals surface area contributed by atoms with Gasteiger partial charge in [0.1, 0.15) is 11.5 Å². The molecule has 0 aromatic heterocycles. The van der Waals surface area contributed by atoms with E-state index in [1.54, 1.807) is 25.1 Å². The van der Waals surface area contributed by atoms with Gasteiger partial charge < -0.3 is 14.8 Å². The molecule has 2 rings (SSSR count). The Hall–Kier alpha value is -2.29. The molecule has 0 saturated heterocycles. The van der Waals surface area contributed by atoms with Crippen molar-refractivity contribution in [3.8, 4) is 11.5 Å². The maximum absolute atomic E-state index is 12.3. The first-order chi connectivity index (χ1) is 12.3. The van der Waals surface area contributed by atoms with Gasteiger partial charge in [0, 0.05) is 5.02 Å². The third kappa shape index (κ3) is 4.87. The van der Waals surface area contributed by atoms with Gasteiger partial charge in [-0.15, -0.1) is 0 Å². The highest BCUT2D eigenvalue weighted by Crippen LogP contribution is 2.27. The summed E-state index contributed by atoms with van der Waals surface area (Å²) in [5, 5.41) is 2.97. The van der Waals surface area contributed by atoms with Gasteiger partial charge in [0.15, 0.2) is 0 Å². The van der Waals surface area contributed by atoms with Crippen LogP contribution in [0.3, 0.4) is 0 Å². The molecule has 0 unspecified atom stereocenters. The number of hydrogen-bond acceptors (Lipinski definition) is 5. The summed E-state index contributed by atoms with van der Waals surface area (Å²) in [6.45, 7) is 1.29. The maximum atomic E-state index is 12.3. The van der Waals surface area contributed by atoms with Gasteiger partial charge in [-0.25, -0.2) is 13.1 Å². The third-order valence-corrected chi connectivity index (χ3v) is 5.17. The van der Waals surface area contributed by atoms with Crippen LogP contribution in [0.15, 0.2) is 41.3 Å². The number of sulfonamides is 1. The van der Waals surface area contributed by atoms with E-state index in [-0.39, 0.29) is 4.90 Å². The topological polar surface area (TPSA) is 93.7 Å². The summed E-state index contributed by atoms with van der Waals surface area (Å²) in [5.41, 5.74) is 1.02. The van der Waals surface area contributed by atoms with Crippen molar-refractivity contribution in [3.05, 3.63) is 47.0 Å². The lowest BCUT2D eigenvalue weighted by Gasteiger charge is -2.12. The number of rotatable bonds is 7. The van der Waals surface area contributed by atoms with Crippen LogP contribution < -0.4 is 19.5 Å². The summed E-state index contributed by atoms with van der Waals surface area (Å²) in [7, 11) is -0.887. The lowest BCUT2D eigenvalue weighted by Crippen LogP contribution is -2.33. The number of hydrogen-bond donors (Lipinski definition) is 2. The molecule has 0 spiro atoms. The van der Waals surface area contributed by atoms with Gasteiger partial charge in [0.25, 0.3) is 0 Å². The number of nitrogens with one attached hydrogen (secondary N) is 2. The molecule has 0 aliphatic rings. The van der Waals surface area contributed by atoms with Crippen molar-refractivity contribution < 1.29 is 22.7 Å². The van der Waals surface area contributed by atoms with E-state index in [1.165, 1.54) is 32.4 Å². The summed E-state index contributed by atoms with van der Waals surface area (Å²) < 4.78 is 37.2. The largest absolute Gasteiger partial charge is 0.496 e. The van der Waals surface area contributed by atoms with Crippen molar-refractivity contribution in [2.24, 2.45) is 0 Å². The molecule has 0 bridgehead atoms. The maximum Gasteiger partial charge on any atom is 0.241 e. The second-order valence-electron chi connectivity index (χ2n) is 5.35. The van der Waals surface area contributed by atoms with Crippen LogP contribution in [0, 0.1) is 6.92 Å². The minimum atomic E-state index is -3.84. The number of carbonyl (C=O) groups excluding carboxylic acids is 1. The second kappa shape index (κ2) is 8.39. The van der Waals surface area contributed by atoms with Crippen molar-refractivity contribution in [1.29, 1.82) is 0 Å². The van der Waals surface area contributed by atoms with E-state index >= 15 is 0 Å². The predicted molar refractivity (Wildman–Crippen MR) is 99.6 cm³/mol. The Bertz CT molecular complexity index is 915. The number of benzene rings is 2. The number of halogens is 1. The van der Waals surface area contributed by atoms with E-state index in [0.29, 0.717) is 27.8 Å². The number of anilines is 1. The standard InChI is InChI=1S/C17H19ClN2O5S/c1-11-8-13(5-7-15(11)24-2)26(22,23)19-10-17(21)20-14-9-12(18)4-6-16(14)25-3/h4-9,19H,10H2,1-3H3,(H,20,21). The molecule has 0 saturated carbocycles. The average molecular weight is 399 g/mol. The minimum absolute atomic E-state index is 0.0453. The lowest BCUT2D eigenvalue weighted by molar-refractivity contribution is -0.115. The number of aryl methyl sites for hydroxylation is 1. The smallest absolute Gasteiger partial charge is 0.241 e. The van der Waals surface area contributed by atoms with Crippen LogP contribution in [-0.4, -0.2) is 35.1 Å². The van der Waals surface area contributed by atoms with Crippen LogP contribution in [-0.2, 0) is 14.8 Å². The normalized spacial score (nSPS) is 11.1. The minimum Gasteiger partial charge on any atom is -0.496 e. The molecule has 140 valence electrons.